The Balaban J connectivity index is 2.55. The maximum Gasteiger partial charge on any atom is 0.129 e. The molecule has 1 rings (SSSR count). The molecule has 66 valence electrons. The first-order chi connectivity index (χ1) is 5.70. The molecule has 0 aromatic rings. The zero-order chi connectivity index (χ0) is 9.03. The van der Waals surface area contributed by atoms with E-state index in [2.05, 4.69) is 38.9 Å². The Morgan fingerprint density at radius 3 is 2.75 bits per heavy atom. The van der Waals surface area contributed by atoms with Crippen LogP contribution < -0.4 is 0 Å². The van der Waals surface area contributed by atoms with Crippen molar-refractivity contribution in [2.75, 3.05) is 0 Å². The van der Waals surface area contributed by atoms with E-state index in [-0.39, 0.29) is 0 Å². The average molecular weight is 162 g/mol. The first-order valence-corrected chi connectivity index (χ1v) is 5.08. The maximum absolute atomic E-state index is 2.41. The number of hydrogen-bond acceptors (Lipinski definition) is 0. The molecule has 0 nitrogen and oxygen atoms in total. The van der Waals surface area contributed by atoms with E-state index in [1.807, 2.05) is 0 Å². The van der Waals surface area contributed by atoms with E-state index in [0.717, 1.165) is 0 Å². The van der Waals surface area contributed by atoms with Gasteiger partial charge in [0, 0.05) is 0 Å². The van der Waals surface area contributed by atoms with E-state index in [0.29, 0.717) is 5.31 Å². The molecule has 0 aromatic heterocycles. The van der Waals surface area contributed by atoms with E-state index in [1.54, 1.807) is 0 Å². The second kappa shape index (κ2) is 3.98. The van der Waals surface area contributed by atoms with E-state index in [9.17, 15) is 0 Å². The largest absolute Gasteiger partial charge is 0.129 e. The van der Waals surface area contributed by atoms with Crippen LogP contribution in [-0.4, -0.2) is 7.28 Å². The van der Waals surface area contributed by atoms with Crippen molar-refractivity contribution in [1.29, 1.82) is 0 Å². The Hall–Kier alpha value is -0.455. The van der Waals surface area contributed by atoms with Gasteiger partial charge in [0.2, 0.25) is 0 Å². The van der Waals surface area contributed by atoms with Crippen molar-refractivity contribution in [1.82, 2.24) is 0 Å². The van der Waals surface area contributed by atoms with Crippen LogP contribution in [0.1, 0.15) is 33.1 Å². The first-order valence-electron chi connectivity index (χ1n) is 5.08. The fraction of sp³-hybridized carbons (Fsp3) is 0.636. The SMILES string of the molecule is CBC1(C)C=CC(CCC)=CC1. The molecule has 0 radical (unpaired) electrons. The zero-order valence-electron chi connectivity index (χ0n) is 8.56. The fourth-order valence-corrected chi connectivity index (χ4v) is 1.54. The van der Waals surface area contributed by atoms with Gasteiger partial charge in [0.15, 0.2) is 0 Å². The lowest BCUT2D eigenvalue weighted by Crippen LogP contribution is -2.12. The lowest BCUT2D eigenvalue weighted by molar-refractivity contribution is 0.738. The van der Waals surface area contributed by atoms with Crippen LogP contribution in [0, 0.1) is 0 Å². The van der Waals surface area contributed by atoms with Gasteiger partial charge in [-0.05, 0) is 18.2 Å². The van der Waals surface area contributed by atoms with Gasteiger partial charge in [-0.25, -0.2) is 0 Å². The van der Waals surface area contributed by atoms with Gasteiger partial charge in [0.25, 0.3) is 0 Å². The van der Waals surface area contributed by atoms with Crippen molar-refractivity contribution in [2.24, 2.45) is 0 Å². The van der Waals surface area contributed by atoms with E-state index in [4.69, 9.17) is 0 Å². The highest BCUT2D eigenvalue weighted by Crippen LogP contribution is 2.35. The molecule has 1 aliphatic rings. The zero-order valence-corrected chi connectivity index (χ0v) is 8.56. The molecule has 1 aliphatic carbocycles. The van der Waals surface area contributed by atoms with Gasteiger partial charge in [0.05, 0.1) is 0 Å². The van der Waals surface area contributed by atoms with Crippen LogP contribution in [-0.2, 0) is 0 Å². The molecule has 0 aromatic carbocycles. The number of allylic oxidation sites excluding steroid dienone is 4. The highest BCUT2D eigenvalue weighted by atomic mass is 14.2. The Morgan fingerprint density at radius 2 is 2.33 bits per heavy atom. The van der Waals surface area contributed by atoms with Gasteiger partial charge >= 0.3 is 0 Å². The minimum Gasteiger partial charge on any atom is -0.0885 e. The molecule has 12 heavy (non-hydrogen) atoms. The van der Waals surface area contributed by atoms with Crippen molar-refractivity contribution in [3.63, 3.8) is 0 Å². The van der Waals surface area contributed by atoms with Crippen LogP contribution >= 0.6 is 0 Å². The summed E-state index contributed by atoms with van der Waals surface area (Å²) in [5.41, 5.74) is 1.53. The molecule has 1 atom stereocenters. The molecule has 0 heterocycles. The summed E-state index contributed by atoms with van der Waals surface area (Å²) in [6.45, 7) is 6.84. The monoisotopic (exact) mass is 162 g/mol. The fourth-order valence-electron chi connectivity index (χ4n) is 1.54. The second-order valence-corrected chi connectivity index (χ2v) is 4.07. The predicted octanol–water partition coefficient (Wildman–Crippen LogP) is 3.34. The van der Waals surface area contributed by atoms with Gasteiger partial charge in [0.1, 0.15) is 7.28 Å². The summed E-state index contributed by atoms with van der Waals surface area (Å²) in [7, 11) is 1.25. The Morgan fingerprint density at radius 1 is 1.58 bits per heavy atom. The van der Waals surface area contributed by atoms with E-state index in [1.165, 1.54) is 32.1 Å². The molecule has 0 saturated carbocycles. The molecule has 1 heteroatoms. The standard InChI is InChI=1S/C11H19B/c1-4-5-10-6-8-11(2,12-3)9-7-10/h6-8,12H,4-5,9H2,1-3H3. The quantitative estimate of drug-likeness (QED) is 0.558. The molecule has 0 amide bonds. The summed E-state index contributed by atoms with van der Waals surface area (Å²) in [5.74, 6) is 0. The van der Waals surface area contributed by atoms with Crippen LogP contribution in [0.5, 0.6) is 0 Å². The average Bonchev–Trinajstić information content (AvgIpc) is 2.10. The normalized spacial score (nSPS) is 28.4. The molecular formula is C11H19B. The summed E-state index contributed by atoms with van der Waals surface area (Å²) in [5, 5.41) is 0.442. The highest BCUT2D eigenvalue weighted by molar-refractivity contribution is 6.39. The summed E-state index contributed by atoms with van der Waals surface area (Å²) >= 11 is 0. The van der Waals surface area contributed by atoms with Crippen LogP contribution in [0.15, 0.2) is 23.8 Å². The number of hydrogen-bond donors (Lipinski definition) is 0. The van der Waals surface area contributed by atoms with Crippen LogP contribution in [0.4, 0.5) is 0 Å². The molecular weight excluding hydrogens is 143 g/mol. The minimum absolute atomic E-state index is 0.442. The second-order valence-electron chi connectivity index (χ2n) is 4.07. The van der Waals surface area contributed by atoms with Gasteiger partial charge in [-0.15, -0.1) is 0 Å². The third-order valence-electron chi connectivity index (χ3n) is 2.88. The van der Waals surface area contributed by atoms with E-state index < -0.39 is 0 Å². The highest BCUT2D eigenvalue weighted by Gasteiger charge is 2.20. The maximum atomic E-state index is 2.41. The Bertz CT molecular complexity index is 203. The van der Waals surface area contributed by atoms with Crippen molar-refractivity contribution in [3.05, 3.63) is 23.8 Å². The van der Waals surface area contributed by atoms with Crippen molar-refractivity contribution in [2.45, 2.75) is 45.2 Å². The summed E-state index contributed by atoms with van der Waals surface area (Å²) in [6.07, 6.45) is 10.9. The third kappa shape index (κ3) is 2.26. The Labute approximate surface area is 77.0 Å². The van der Waals surface area contributed by atoms with Crippen molar-refractivity contribution < 1.29 is 0 Å². The van der Waals surface area contributed by atoms with Crippen LogP contribution in [0.2, 0.25) is 12.1 Å². The lowest BCUT2D eigenvalue weighted by atomic mass is 9.52. The third-order valence-corrected chi connectivity index (χ3v) is 2.88. The Kier molecular flexibility index (Phi) is 3.19. The summed E-state index contributed by atoms with van der Waals surface area (Å²) in [6, 6.07) is 0. The molecule has 0 spiro atoms. The molecule has 0 saturated heterocycles. The van der Waals surface area contributed by atoms with Crippen molar-refractivity contribution in [3.8, 4) is 0 Å². The molecule has 0 fully saturated rings. The van der Waals surface area contributed by atoms with Gasteiger partial charge in [-0.2, -0.15) is 0 Å². The van der Waals surface area contributed by atoms with Gasteiger partial charge in [-0.3, -0.25) is 0 Å². The minimum atomic E-state index is 0.442. The molecule has 0 N–H and O–H groups in total. The van der Waals surface area contributed by atoms with Gasteiger partial charge in [-0.1, -0.05) is 50.9 Å². The van der Waals surface area contributed by atoms with E-state index >= 15 is 0 Å². The summed E-state index contributed by atoms with van der Waals surface area (Å²) in [4.78, 5) is 0. The first kappa shape index (κ1) is 9.63. The predicted molar refractivity (Wildman–Crippen MR) is 58.1 cm³/mol. The van der Waals surface area contributed by atoms with Crippen LogP contribution in [0.25, 0.3) is 0 Å². The molecule has 0 bridgehead atoms. The number of rotatable bonds is 3. The lowest BCUT2D eigenvalue weighted by Gasteiger charge is -2.25. The van der Waals surface area contributed by atoms with Crippen molar-refractivity contribution >= 4 is 7.28 Å². The van der Waals surface area contributed by atoms with Gasteiger partial charge < -0.3 is 0 Å². The topological polar surface area (TPSA) is 0 Å². The molecule has 1 unspecified atom stereocenters. The van der Waals surface area contributed by atoms with Crippen LogP contribution in [0.3, 0.4) is 0 Å². The smallest absolute Gasteiger partial charge is 0.0885 e. The molecule has 0 aliphatic heterocycles. The summed E-state index contributed by atoms with van der Waals surface area (Å²) < 4.78 is 0.